The predicted molar refractivity (Wildman–Crippen MR) is 84.9 cm³/mol. The minimum absolute atomic E-state index is 0.460. The number of aromatic nitrogens is 3. The van der Waals surface area contributed by atoms with Crippen LogP contribution in [0, 0.1) is 20.8 Å². The zero-order valence-corrected chi connectivity index (χ0v) is 12.5. The molecule has 2 N–H and O–H groups in total. The van der Waals surface area contributed by atoms with Crippen LogP contribution in [0.2, 0.25) is 0 Å². The van der Waals surface area contributed by atoms with Crippen LogP contribution in [0.15, 0.2) is 30.3 Å². The fourth-order valence-electron chi connectivity index (χ4n) is 2.61. The topological polar surface area (TPSA) is 64.7 Å². The predicted octanol–water partition coefficient (Wildman–Crippen LogP) is 3.08. The molecule has 106 valence electrons. The lowest BCUT2D eigenvalue weighted by atomic mass is 10.1. The zero-order valence-electron chi connectivity index (χ0n) is 12.5. The third kappa shape index (κ3) is 2.38. The maximum Gasteiger partial charge on any atom is 0.178 e. The summed E-state index contributed by atoms with van der Waals surface area (Å²) in [4.78, 5) is 13.8. The molecule has 0 amide bonds. The maximum atomic E-state index is 5.74. The number of rotatable bonds is 2. The van der Waals surface area contributed by atoms with E-state index in [1.165, 1.54) is 5.56 Å². The van der Waals surface area contributed by atoms with Gasteiger partial charge in [0.2, 0.25) is 0 Å². The summed E-state index contributed by atoms with van der Waals surface area (Å²) in [7, 11) is 0. The minimum Gasteiger partial charge on any atom is -0.326 e. The van der Waals surface area contributed by atoms with Gasteiger partial charge in [-0.15, -0.1) is 0 Å². The van der Waals surface area contributed by atoms with Crippen LogP contribution in [0.3, 0.4) is 0 Å². The van der Waals surface area contributed by atoms with Crippen molar-refractivity contribution in [1.82, 2.24) is 15.0 Å². The second kappa shape index (κ2) is 5.22. The first-order valence-corrected chi connectivity index (χ1v) is 7.01. The van der Waals surface area contributed by atoms with Crippen LogP contribution in [0.4, 0.5) is 0 Å². The first kappa shape index (κ1) is 13.6. The van der Waals surface area contributed by atoms with E-state index in [2.05, 4.69) is 27.9 Å². The van der Waals surface area contributed by atoms with Crippen LogP contribution in [-0.4, -0.2) is 15.0 Å². The van der Waals surface area contributed by atoms with E-state index in [9.17, 15) is 0 Å². The molecule has 2 aromatic heterocycles. The zero-order chi connectivity index (χ0) is 15.0. The lowest BCUT2D eigenvalue weighted by Gasteiger charge is -2.10. The first-order chi connectivity index (χ1) is 10.1. The SMILES string of the molecule is Cc1nc(-c2cc(C)c3ccccc3n2)nc(C)c1CN. The number of para-hydroxylation sites is 1. The Kier molecular flexibility index (Phi) is 3.39. The van der Waals surface area contributed by atoms with E-state index in [0.29, 0.717) is 12.4 Å². The van der Waals surface area contributed by atoms with Crippen LogP contribution in [0.25, 0.3) is 22.4 Å². The molecule has 0 atom stereocenters. The van der Waals surface area contributed by atoms with Crippen molar-refractivity contribution < 1.29 is 0 Å². The van der Waals surface area contributed by atoms with Crippen LogP contribution in [-0.2, 0) is 6.54 Å². The summed E-state index contributed by atoms with van der Waals surface area (Å²) in [5.74, 6) is 0.663. The molecule has 0 bridgehead atoms. The monoisotopic (exact) mass is 278 g/mol. The van der Waals surface area contributed by atoms with Gasteiger partial charge < -0.3 is 5.73 Å². The van der Waals surface area contributed by atoms with Gasteiger partial charge >= 0.3 is 0 Å². The van der Waals surface area contributed by atoms with Crippen molar-refractivity contribution in [3.05, 3.63) is 52.8 Å². The molecule has 0 aliphatic rings. The summed E-state index contributed by atoms with van der Waals surface area (Å²) < 4.78 is 0. The maximum absolute atomic E-state index is 5.74. The second-order valence-electron chi connectivity index (χ2n) is 5.24. The smallest absolute Gasteiger partial charge is 0.178 e. The lowest BCUT2D eigenvalue weighted by molar-refractivity contribution is 0.935. The highest BCUT2D eigenvalue weighted by molar-refractivity contribution is 5.84. The van der Waals surface area contributed by atoms with Gasteiger partial charge in [0.15, 0.2) is 5.82 Å². The lowest BCUT2D eigenvalue weighted by Crippen LogP contribution is -2.07. The molecule has 0 radical (unpaired) electrons. The average Bonchev–Trinajstić information content (AvgIpc) is 2.47. The van der Waals surface area contributed by atoms with Gasteiger partial charge in [0.25, 0.3) is 0 Å². The van der Waals surface area contributed by atoms with E-state index >= 15 is 0 Å². The molecule has 0 saturated heterocycles. The van der Waals surface area contributed by atoms with E-state index in [4.69, 9.17) is 5.73 Å². The number of nitrogens with two attached hydrogens (primary N) is 1. The van der Waals surface area contributed by atoms with Gasteiger partial charge in [0, 0.05) is 28.9 Å². The van der Waals surface area contributed by atoms with Gasteiger partial charge in [-0.3, -0.25) is 0 Å². The molecular formula is C17H18N4. The van der Waals surface area contributed by atoms with Crippen molar-refractivity contribution in [2.45, 2.75) is 27.3 Å². The summed E-state index contributed by atoms with van der Waals surface area (Å²) in [5.41, 5.74) is 11.6. The number of benzene rings is 1. The minimum atomic E-state index is 0.460. The molecular weight excluding hydrogens is 260 g/mol. The summed E-state index contributed by atoms with van der Waals surface area (Å²) in [6, 6.07) is 10.2. The second-order valence-corrected chi connectivity index (χ2v) is 5.24. The van der Waals surface area contributed by atoms with E-state index in [0.717, 1.165) is 33.5 Å². The molecule has 2 heterocycles. The van der Waals surface area contributed by atoms with Gasteiger partial charge in [-0.05, 0) is 38.5 Å². The fraction of sp³-hybridized carbons (Fsp3) is 0.235. The van der Waals surface area contributed by atoms with Gasteiger partial charge in [0.05, 0.1) is 5.52 Å². The Balaban J connectivity index is 2.21. The van der Waals surface area contributed by atoms with E-state index in [1.54, 1.807) is 0 Å². The van der Waals surface area contributed by atoms with Crippen molar-refractivity contribution in [3.8, 4) is 11.5 Å². The number of aryl methyl sites for hydroxylation is 3. The highest BCUT2D eigenvalue weighted by Gasteiger charge is 2.11. The quantitative estimate of drug-likeness (QED) is 0.782. The number of pyridine rings is 1. The summed E-state index contributed by atoms with van der Waals surface area (Å²) in [6.07, 6.45) is 0. The molecule has 0 saturated carbocycles. The van der Waals surface area contributed by atoms with Crippen LogP contribution in [0.5, 0.6) is 0 Å². The van der Waals surface area contributed by atoms with Gasteiger partial charge in [-0.25, -0.2) is 15.0 Å². The van der Waals surface area contributed by atoms with Crippen molar-refractivity contribution in [2.24, 2.45) is 5.73 Å². The van der Waals surface area contributed by atoms with Crippen molar-refractivity contribution in [2.75, 3.05) is 0 Å². The van der Waals surface area contributed by atoms with Crippen LogP contribution >= 0.6 is 0 Å². The summed E-state index contributed by atoms with van der Waals surface area (Å²) in [5, 5.41) is 1.16. The third-order valence-corrected chi connectivity index (χ3v) is 3.78. The summed E-state index contributed by atoms with van der Waals surface area (Å²) in [6.45, 7) is 6.48. The Morgan fingerprint density at radius 1 is 0.952 bits per heavy atom. The number of nitrogens with zero attached hydrogens (tertiary/aromatic N) is 3. The van der Waals surface area contributed by atoms with Gasteiger partial charge in [0.1, 0.15) is 5.69 Å². The van der Waals surface area contributed by atoms with Crippen molar-refractivity contribution in [3.63, 3.8) is 0 Å². The molecule has 0 aliphatic heterocycles. The highest BCUT2D eigenvalue weighted by atomic mass is 14.9. The molecule has 3 rings (SSSR count). The largest absolute Gasteiger partial charge is 0.326 e. The molecule has 0 fully saturated rings. The molecule has 0 aliphatic carbocycles. The number of hydrogen-bond donors (Lipinski definition) is 1. The van der Waals surface area contributed by atoms with E-state index < -0.39 is 0 Å². The van der Waals surface area contributed by atoms with Gasteiger partial charge in [-0.1, -0.05) is 18.2 Å². The average molecular weight is 278 g/mol. The molecule has 4 heteroatoms. The highest BCUT2D eigenvalue weighted by Crippen LogP contribution is 2.23. The van der Waals surface area contributed by atoms with Crippen LogP contribution < -0.4 is 5.73 Å². The summed E-state index contributed by atoms with van der Waals surface area (Å²) >= 11 is 0. The molecule has 0 spiro atoms. The number of fused-ring (bicyclic) bond motifs is 1. The fourth-order valence-corrected chi connectivity index (χ4v) is 2.61. The van der Waals surface area contributed by atoms with Gasteiger partial charge in [-0.2, -0.15) is 0 Å². The van der Waals surface area contributed by atoms with Crippen LogP contribution in [0.1, 0.15) is 22.5 Å². The molecule has 0 unspecified atom stereocenters. The Hall–Kier alpha value is -2.33. The Labute approximate surface area is 124 Å². The van der Waals surface area contributed by atoms with Crippen molar-refractivity contribution in [1.29, 1.82) is 0 Å². The Morgan fingerprint density at radius 2 is 1.62 bits per heavy atom. The third-order valence-electron chi connectivity index (χ3n) is 3.78. The number of hydrogen-bond acceptors (Lipinski definition) is 4. The molecule has 3 aromatic rings. The van der Waals surface area contributed by atoms with Crippen molar-refractivity contribution >= 4 is 10.9 Å². The Morgan fingerprint density at radius 3 is 2.29 bits per heavy atom. The Bertz CT molecular complexity index is 801. The van der Waals surface area contributed by atoms with E-state index in [-0.39, 0.29) is 0 Å². The molecule has 21 heavy (non-hydrogen) atoms. The normalized spacial score (nSPS) is 11.0. The standard InChI is InChI=1S/C17H18N4/c1-10-8-16(21-15-7-5-4-6-13(10)15)17-19-11(2)14(9-18)12(3)20-17/h4-8H,9,18H2,1-3H3. The molecule has 4 nitrogen and oxygen atoms in total. The van der Waals surface area contributed by atoms with E-state index in [1.807, 2.05) is 38.1 Å². The molecule has 1 aromatic carbocycles. The first-order valence-electron chi connectivity index (χ1n) is 7.01.